The highest BCUT2D eigenvalue weighted by atomic mass is 79.9. The largest absolute Gasteiger partial charge is 0.506 e. The normalized spacial score (nSPS) is 11.5. The molecule has 0 atom stereocenters. The number of carbonyl (C=O) groups is 1. The zero-order chi connectivity index (χ0) is 25.2. The number of sulfonamides is 1. The van der Waals surface area contributed by atoms with Gasteiger partial charge in [0, 0.05) is 34.2 Å². The SMILES string of the molecule is O=C(NCc1ccc(Cl)cc1)c1cnc2c(S(=O)(=O)NCc3ccc(Br)cc3)cc(F)cc2c1O. The smallest absolute Gasteiger partial charge is 0.256 e. The summed E-state index contributed by atoms with van der Waals surface area (Å²) in [7, 11) is -4.20. The first kappa shape index (κ1) is 25.1. The Kier molecular flexibility index (Phi) is 7.36. The van der Waals surface area contributed by atoms with Crippen LogP contribution < -0.4 is 10.0 Å². The summed E-state index contributed by atoms with van der Waals surface area (Å²) in [6.07, 6.45) is 1.06. The second-order valence-electron chi connectivity index (χ2n) is 7.58. The zero-order valence-electron chi connectivity index (χ0n) is 17.9. The highest BCUT2D eigenvalue weighted by molar-refractivity contribution is 9.10. The highest BCUT2D eigenvalue weighted by Crippen LogP contribution is 2.32. The van der Waals surface area contributed by atoms with Crippen LogP contribution in [0.3, 0.4) is 0 Å². The summed E-state index contributed by atoms with van der Waals surface area (Å²) < 4.78 is 43.6. The first-order valence-electron chi connectivity index (χ1n) is 10.2. The van der Waals surface area contributed by atoms with Crippen molar-refractivity contribution >= 4 is 54.4 Å². The molecule has 0 bridgehead atoms. The van der Waals surface area contributed by atoms with Crippen molar-refractivity contribution in [2.75, 3.05) is 0 Å². The molecular formula is C24H18BrClFN3O4S. The molecular weight excluding hydrogens is 561 g/mol. The van der Waals surface area contributed by atoms with Crippen LogP contribution in [0.4, 0.5) is 4.39 Å². The number of aromatic nitrogens is 1. The quantitative estimate of drug-likeness (QED) is 0.289. The fourth-order valence-corrected chi connectivity index (χ4v) is 4.92. The van der Waals surface area contributed by atoms with Gasteiger partial charge in [-0.2, -0.15) is 0 Å². The maximum Gasteiger partial charge on any atom is 0.256 e. The first-order valence-corrected chi connectivity index (χ1v) is 12.9. The van der Waals surface area contributed by atoms with Crippen molar-refractivity contribution in [2.24, 2.45) is 0 Å². The summed E-state index contributed by atoms with van der Waals surface area (Å²) in [4.78, 5) is 16.3. The monoisotopic (exact) mass is 577 g/mol. The molecule has 1 heterocycles. The Bertz CT molecular complexity index is 1520. The highest BCUT2D eigenvalue weighted by Gasteiger charge is 2.24. The topological polar surface area (TPSA) is 108 Å². The fraction of sp³-hybridized carbons (Fsp3) is 0.0833. The van der Waals surface area contributed by atoms with Crippen LogP contribution in [0, 0.1) is 5.82 Å². The number of nitrogens with one attached hydrogen (secondary N) is 2. The van der Waals surface area contributed by atoms with E-state index in [9.17, 15) is 22.7 Å². The van der Waals surface area contributed by atoms with E-state index in [4.69, 9.17) is 11.6 Å². The van der Waals surface area contributed by atoms with Gasteiger partial charge in [0.2, 0.25) is 10.0 Å². The van der Waals surface area contributed by atoms with Crippen molar-refractivity contribution < 1.29 is 22.7 Å². The number of aromatic hydroxyl groups is 1. The van der Waals surface area contributed by atoms with Gasteiger partial charge in [-0.1, -0.05) is 51.8 Å². The van der Waals surface area contributed by atoms with Crippen LogP contribution in [0.15, 0.2) is 76.2 Å². The average Bonchev–Trinajstić information content (AvgIpc) is 2.83. The Morgan fingerprint density at radius 2 is 1.66 bits per heavy atom. The van der Waals surface area contributed by atoms with Crippen LogP contribution in [0.2, 0.25) is 5.02 Å². The molecule has 11 heteroatoms. The number of fused-ring (bicyclic) bond motifs is 1. The Morgan fingerprint density at radius 1 is 1.03 bits per heavy atom. The number of benzene rings is 3. The number of hydrogen-bond acceptors (Lipinski definition) is 5. The number of hydrogen-bond donors (Lipinski definition) is 3. The molecule has 0 saturated carbocycles. The third-order valence-corrected chi connectivity index (χ3v) is 7.35. The number of rotatable bonds is 7. The van der Waals surface area contributed by atoms with Crippen LogP contribution >= 0.6 is 27.5 Å². The molecule has 1 aromatic heterocycles. The van der Waals surface area contributed by atoms with Crippen LogP contribution in [0.25, 0.3) is 10.9 Å². The molecule has 0 radical (unpaired) electrons. The van der Waals surface area contributed by atoms with Crippen LogP contribution in [0.1, 0.15) is 21.5 Å². The van der Waals surface area contributed by atoms with Gasteiger partial charge in [-0.05, 0) is 47.5 Å². The van der Waals surface area contributed by atoms with Gasteiger partial charge in [0.15, 0.2) is 0 Å². The van der Waals surface area contributed by atoms with E-state index in [0.717, 1.165) is 28.4 Å². The lowest BCUT2D eigenvalue weighted by molar-refractivity contribution is 0.0948. The van der Waals surface area contributed by atoms with Crippen LogP contribution in [-0.4, -0.2) is 24.4 Å². The van der Waals surface area contributed by atoms with E-state index in [1.165, 1.54) is 0 Å². The lowest BCUT2D eigenvalue weighted by Crippen LogP contribution is -2.24. The van der Waals surface area contributed by atoms with E-state index >= 15 is 0 Å². The molecule has 0 unspecified atom stereocenters. The van der Waals surface area contributed by atoms with Gasteiger partial charge < -0.3 is 10.4 Å². The summed E-state index contributed by atoms with van der Waals surface area (Å²) in [5, 5.41) is 13.7. The number of amides is 1. The molecule has 7 nitrogen and oxygen atoms in total. The van der Waals surface area contributed by atoms with Gasteiger partial charge in [-0.25, -0.2) is 17.5 Å². The predicted molar refractivity (Wildman–Crippen MR) is 134 cm³/mol. The molecule has 4 rings (SSSR count). The summed E-state index contributed by atoms with van der Waals surface area (Å²) in [6.45, 7) is 0.112. The van der Waals surface area contributed by atoms with E-state index in [1.54, 1.807) is 48.5 Å². The van der Waals surface area contributed by atoms with Gasteiger partial charge in [0.05, 0.1) is 5.52 Å². The average molecular weight is 579 g/mol. The summed E-state index contributed by atoms with van der Waals surface area (Å²) >= 11 is 9.16. The van der Waals surface area contributed by atoms with Crippen molar-refractivity contribution in [3.8, 4) is 5.75 Å². The summed E-state index contributed by atoms with van der Waals surface area (Å²) in [5.41, 5.74) is 1.07. The molecule has 35 heavy (non-hydrogen) atoms. The van der Waals surface area contributed by atoms with E-state index in [-0.39, 0.29) is 29.6 Å². The summed E-state index contributed by atoms with van der Waals surface area (Å²) in [5.74, 6) is -2.14. The molecule has 3 aromatic carbocycles. The standard InChI is InChI=1S/C24H18BrClFN3O4S/c25-16-5-1-15(2-6-16)12-30-35(33,34)21-10-18(27)9-19-22(21)28-13-20(23(19)31)24(32)29-11-14-3-7-17(26)8-4-14/h1-10,13,30H,11-12H2,(H,28,31)(H,29,32). The molecule has 180 valence electrons. The fourth-order valence-electron chi connectivity index (χ4n) is 3.33. The Balaban J connectivity index is 1.61. The minimum absolute atomic E-state index is 0.0369. The number of halogens is 3. The van der Waals surface area contributed by atoms with Crippen molar-refractivity contribution in [3.05, 3.63) is 98.9 Å². The third-order valence-electron chi connectivity index (χ3n) is 5.15. The number of pyridine rings is 1. The zero-order valence-corrected chi connectivity index (χ0v) is 21.1. The van der Waals surface area contributed by atoms with Gasteiger partial charge in [-0.15, -0.1) is 0 Å². The van der Waals surface area contributed by atoms with Crippen LogP contribution in [-0.2, 0) is 23.1 Å². The molecule has 0 aliphatic heterocycles. The Hall–Kier alpha value is -3.05. The predicted octanol–water partition coefficient (Wildman–Crippen LogP) is 4.90. The molecule has 0 aliphatic carbocycles. The van der Waals surface area contributed by atoms with Crippen molar-refractivity contribution in [3.63, 3.8) is 0 Å². The van der Waals surface area contributed by atoms with Crippen molar-refractivity contribution in [1.82, 2.24) is 15.0 Å². The number of carbonyl (C=O) groups excluding carboxylic acids is 1. The van der Waals surface area contributed by atoms with Gasteiger partial charge in [-0.3, -0.25) is 9.78 Å². The molecule has 4 aromatic rings. The lowest BCUT2D eigenvalue weighted by Gasteiger charge is -2.13. The van der Waals surface area contributed by atoms with Crippen molar-refractivity contribution in [2.45, 2.75) is 18.0 Å². The molecule has 1 amide bonds. The first-order chi connectivity index (χ1) is 16.6. The van der Waals surface area contributed by atoms with Crippen LogP contribution in [0.5, 0.6) is 5.75 Å². The minimum Gasteiger partial charge on any atom is -0.506 e. The second-order valence-corrected chi connectivity index (χ2v) is 10.7. The van der Waals surface area contributed by atoms with Crippen molar-refractivity contribution in [1.29, 1.82) is 0 Å². The third kappa shape index (κ3) is 5.79. The van der Waals surface area contributed by atoms with E-state index in [0.29, 0.717) is 10.6 Å². The number of nitrogens with zero attached hydrogens (tertiary/aromatic N) is 1. The van der Waals surface area contributed by atoms with E-state index in [2.05, 4.69) is 31.0 Å². The maximum atomic E-state index is 14.4. The second kappa shape index (κ2) is 10.3. The summed E-state index contributed by atoms with van der Waals surface area (Å²) in [6, 6.07) is 15.6. The molecule has 0 spiro atoms. The molecule has 0 aliphatic rings. The minimum atomic E-state index is -4.20. The molecule has 3 N–H and O–H groups in total. The van der Waals surface area contributed by atoms with Gasteiger partial charge in [0.25, 0.3) is 5.91 Å². The lowest BCUT2D eigenvalue weighted by atomic mass is 10.1. The van der Waals surface area contributed by atoms with E-state index < -0.39 is 32.4 Å². The molecule has 0 fully saturated rings. The Morgan fingerprint density at radius 3 is 2.34 bits per heavy atom. The maximum absolute atomic E-state index is 14.4. The van der Waals surface area contributed by atoms with Gasteiger partial charge in [0.1, 0.15) is 22.0 Å². The molecule has 0 saturated heterocycles. The Labute approximate surface area is 214 Å². The van der Waals surface area contributed by atoms with Gasteiger partial charge >= 0.3 is 0 Å². The van der Waals surface area contributed by atoms with E-state index in [1.807, 2.05) is 0 Å².